The average molecular weight is 762 g/mol. The summed E-state index contributed by atoms with van der Waals surface area (Å²) in [6, 6.07) is -2.51. The molecule has 44 heavy (non-hydrogen) atoms. The minimum atomic E-state index is -1.46. The van der Waals surface area contributed by atoms with E-state index in [0.717, 1.165) is 50.0 Å². The van der Waals surface area contributed by atoms with Gasteiger partial charge in [-0.2, -0.15) is 50.5 Å². The molecule has 0 heterocycles. The summed E-state index contributed by atoms with van der Waals surface area (Å²) in [6.45, 7) is 0. The Bertz CT molecular complexity index is 783. The third kappa shape index (κ3) is 33.2. The van der Waals surface area contributed by atoms with E-state index in [4.69, 9.17) is 10.2 Å². The minimum absolute atomic E-state index is 0. The number of nitrogens with one attached hydrogen (secondary N) is 2. The third-order valence-corrected chi connectivity index (χ3v) is 7.39. The molecule has 0 aliphatic heterocycles. The summed E-state index contributed by atoms with van der Waals surface area (Å²) in [5.74, 6) is -4.42. The maximum Gasteiger partial charge on any atom is 2.00 e. The van der Waals surface area contributed by atoms with Crippen LogP contribution in [0.1, 0.15) is 89.9 Å². The Hall–Kier alpha value is -0.157. The summed E-state index contributed by atoms with van der Waals surface area (Å²) < 4.78 is 0. The van der Waals surface area contributed by atoms with Gasteiger partial charge in [0.15, 0.2) is 0 Å². The molecule has 0 saturated heterocycles. The number of carbonyl (C=O) groups is 6. The molecule has 0 aromatic carbocycles. The molecule has 0 radical (unpaired) electrons. The van der Waals surface area contributed by atoms with Crippen molar-refractivity contribution in [1.82, 2.24) is 10.6 Å². The smallest absolute Gasteiger partial charge is 2.00 e. The van der Waals surface area contributed by atoms with Gasteiger partial charge in [-0.15, -0.1) is 0 Å². The first-order valence-corrected chi connectivity index (χ1v) is 16.0. The van der Waals surface area contributed by atoms with Crippen LogP contribution in [0.3, 0.4) is 0 Å². The zero-order valence-electron chi connectivity index (χ0n) is 24.3. The molecular formula is C26H45N2NaO10S4Zn. The van der Waals surface area contributed by atoms with E-state index in [9.17, 15) is 39.0 Å². The van der Waals surface area contributed by atoms with Crippen molar-refractivity contribution < 1.29 is 68.7 Å². The molecule has 0 spiro atoms. The van der Waals surface area contributed by atoms with Gasteiger partial charge >= 0.3 is 61.0 Å². The fraction of sp³-hybridized carbons (Fsp3) is 0.769. The first kappa shape index (κ1) is 50.7. The van der Waals surface area contributed by atoms with E-state index in [0.29, 0.717) is 12.8 Å². The van der Waals surface area contributed by atoms with E-state index < -0.39 is 47.8 Å². The largest absolute Gasteiger partial charge is 2.00 e. The molecule has 0 bridgehead atoms. The number of rotatable bonds is 24. The molecule has 4 N–H and O–H groups in total. The minimum Gasteiger partial charge on any atom is 2.00 e. The maximum atomic E-state index is 11.6. The summed E-state index contributed by atoms with van der Waals surface area (Å²) in [5, 5.41) is 43.7. The summed E-state index contributed by atoms with van der Waals surface area (Å²) in [4.78, 5) is 65.6. The van der Waals surface area contributed by atoms with Crippen molar-refractivity contribution >= 4 is 116 Å². The summed E-state index contributed by atoms with van der Waals surface area (Å²) in [7, 11) is 0. The van der Waals surface area contributed by atoms with Crippen molar-refractivity contribution in [2.24, 2.45) is 0 Å². The molecule has 0 aliphatic carbocycles. The predicted molar refractivity (Wildman–Crippen MR) is 174 cm³/mol. The zero-order chi connectivity index (χ0) is 32.5. The monoisotopic (exact) mass is 760 g/mol. The SMILES string of the molecule is O=C(O)CC[C@H](NC(=O)CCCCC(S)CCS)C(=O)[O-].O=C(O)CC[C@H](NC(=O)CCCCC(S)CCS)C(=O)[O-].[NaH].[Zn+2]. The van der Waals surface area contributed by atoms with Crippen LogP contribution in [-0.2, 0) is 48.2 Å². The Morgan fingerprint density at radius 3 is 1.14 bits per heavy atom. The second-order valence-corrected chi connectivity index (χ2v) is 11.9. The predicted octanol–water partition coefficient (Wildman–Crippen LogP) is -0.122. The molecule has 0 aliphatic rings. The van der Waals surface area contributed by atoms with Crippen LogP contribution in [0.4, 0.5) is 0 Å². The van der Waals surface area contributed by atoms with Gasteiger partial charge in [0.05, 0.1) is 24.0 Å². The van der Waals surface area contributed by atoms with Crippen LogP contribution in [0.5, 0.6) is 0 Å². The molecule has 2 amide bonds. The van der Waals surface area contributed by atoms with E-state index in [1.165, 1.54) is 0 Å². The van der Waals surface area contributed by atoms with Gasteiger partial charge in [0, 0.05) is 36.2 Å². The van der Waals surface area contributed by atoms with Gasteiger partial charge in [-0.3, -0.25) is 19.2 Å². The van der Waals surface area contributed by atoms with Crippen LogP contribution >= 0.6 is 50.5 Å². The normalized spacial score (nSPS) is 12.8. The number of thiol groups is 4. The quantitative estimate of drug-likeness (QED) is 0.0371. The van der Waals surface area contributed by atoms with Crippen LogP contribution in [0.2, 0.25) is 0 Å². The molecule has 0 rings (SSSR count). The van der Waals surface area contributed by atoms with Crippen LogP contribution in [0.25, 0.3) is 0 Å². The first-order chi connectivity index (χ1) is 19.7. The van der Waals surface area contributed by atoms with E-state index in [1.807, 2.05) is 0 Å². The standard InChI is InChI=1S/2C13H23NO5S2.Na.Zn.H/c2*15-11(4-2-1-3-9(21)7-8-20)14-10(13(18)19)5-6-12(16)17;;;/h2*9-10,20-21H,1-8H2,(H,14,15)(H,16,17)(H,18,19);;;/q;;;+2;/p-2/t2*9?,10-;;;/m00.../s1. The van der Waals surface area contributed by atoms with Gasteiger partial charge in [-0.05, 0) is 62.9 Å². The van der Waals surface area contributed by atoms with Gasteiger partial charge in [0.2, 0.25) is 11.8 Å². The number of unbranched alkanes of at least 4 members (excludes halogenated alkanes) is 2. The van der Waals surface area contributed by atoms with E-state index in [-0.39, 0.29) is 98.1 Å². The van der Waals surface area contributed by atoms with Gasteiger partial charge < -0.3 is 40.6 Å². The molecule has 0 fully saturated rings. The molecule has 2 unspecified atom stereocenters. The molecule has 0 saturated carbocycles. The third-order valence-electron chi connectivity index (χ3n) is 5.84. The maximum absolute atomic E-state index is 11.6. The number of carboxylic acids is 4. The topological polar surface area (TPSA) is 213 Å². The average Bonchev–Trinajstić information content (AvgIpc) is 2.89. The summed E-state index contributed by atoms with van der Waals surface area (Å²) >= 11 is 17.0. The fourth-order valence-corrected chi connectivity index (χ4v) is 5.14. The van der Waals surface area contributed by atoms with E-state index >= 15 is 0 Å². The van der Waals surface area contributed by atoms with Crippen molar-refractivity contribution in [3.05, 3.63) is 0 Å². The van der Waals surface area contributed by atoms with Crippen molar-refractivity contribution in [2.75, 3.05) is 11.5 Å². The number of hydrogen-bond acceptors (Lipinski definition) is 12. The first-order valence-electron chi connectivity index (χ1n) is 13.7. The van der Waals surface area contributed by atoms with Crippen molar-refractivity contribution in [2.45, 2.75) is 112 Å². The Morgan fingerprint density at radius 2 is 0.886 bits per heavy atom. The number of aliphatic carboxylic acids is 4. The van der Waals surface area contributed by atoms with Crippen molar-refractivity contribution in [3.8, 4) is 0 Å². The van der Waals surface area contributed by atoms with Crippen LogP contribution < -0.4 is 20.8 Å². The van der Waals surface area contributed by atoms with Crippen LogP contribution in [-0.4, -0.2) is 110 Å². The molecule has 12 nitrogen and oxygen atoms in total. The number of carboxylic acid groups (broad SMARTS) is 4. The molecule has 246 valence electrons. The number of amides is 2. The fourth-order valence-electron chi connectivity index (χ4n) is 3.48. The molecule has 0 aromatic rings. The summed E-state index contributed by atoms with van der Waals surface area (Å²) in [5.41, 5.74) is 0. The van der Waals surface area contributed by atoms with Gasteiger partial charge in [0.1, 0.15) is 0 Å². The summed E-state index contributed by atoms with van der Waals surface area (Å²) in [6.07, 6.45) is 5.86. The molecular weight excluding hydrogens is 717 g/mol. The van der Waals surface area contributed by atoms with E-state index in [1.54, 1.807) is 0 Å². The number of hydrogen-bond donors (Lipinski definition) is 8. The Kier molecular flexibility index (Phi) is 37.8. The zero-order valence-corrected chi connectivity index (χ0v) is 30.8. The van der Waals surface area contributed by atoms with Gasteiger partial charge in [-0.25, -0.2) is 0 Å². The van der Waals surface area contributed by atoms with E-state index in [2.05, 4.69) is 61.1 Å². The van der Waals surface area contributed by atoms with Gasteiger partial charge in [-0.1, -0.05) is 12.8 Å². The second kappa shape index (κ2) is 32.8. The second-order valence-electron chi connectivity index (χ2n) is 9.57. The van der Waals surface area contributed by atoms with Crippen LogP contribution in [0.15, 0.2) is 0 Å². The number of carbonyl (C=O) groups excluding carboxylic acids is 4. The van der Waals surface area contributed by atoms with Crippen molar-refractivity contribution in [3.63, 3.8) is 0 Å². The van der Waals surface area contributed by atoms with Crippen molar-refractivity contribution in [1.29, 1.82) is 0 Å². The Balaban J connectivity index is -0.000000348. The Labute approximate surface area is 316 Å². The Morgan fingerprint density at radius 1 is 0.568 bits per heavy atom. The molecule has 4 atom stereocenters. The van der Waals surface area contributed by atoms with Crippen LogP contribution in [0, 0.1) is 0 Å². The van der Waals surface area contributed by atoms with Gasteiger partial charge in [0.25, 0.3) is 0 Å². The molecule has 0 aromatic heterocycles. The molecule has 18 heteroatoms.